The molecule has 4 nitrogen and oxygen atoms in total. The van der Waals surface area contributed by atoms with Gasteiger partial charge in [-0.05, 0) is 19.3 Å². The highest BCUT2D eigenvalue weighted by atomic mass is 32.2. The van der Waals surface area contributed by atoms with E-state index in [0.717, 1.165) is 17.2 Å². The monoisotopic (exact) mass is 260 g/mol. The number of anilines is 1. The first-order valence-electron chi connectivity index (χ1n) is 5.50. The Balaban J connectivity index is 1.91. The molecule has 0 aliphatic carbocycles. The van der Waals surface area contributed by atoms with Crippen molar-refractivity contribution in [3.8, 4) is 0 Å². The number of aryl methyl sites for hydroxylation is 1. The minimum Gasteiger partial charge on any atom is -0.359 e. The molecule has 1 N–H and O–H groups in total. The first-order valence-corrected chi connectivity index (χ1v) is 8.20. The number of hydrogen-bond acceptors (Lipinski definition) is 5. The van der Waals surface area contributed by atoms with Crippen molar-refractivity contribution in [3.63, 3.8) is 0 Å². The van der Waals surface area contributed by atoms with Crippen LogP contribution in [0.15, 0.2) is 5.38 Å². The Hall–Kier alpha value is -0.620. The van der Waals surface area contributed by atoms with Gasteiger partial charge in [0.2, 0.25) is 0 Å². The van der Waals surface area contributed by atoms with Gasteiger partial charge in [0.05, 0.1) is 17.2 Å². The molecule has 0 aromatic carbocycles. The number of thiazole rings is 1. The van der Waals surface area contributed by atoms with Gasteiger partial charge in [-0.3, -0.25) is 0 Å². The summed E-state index contributed by atoms with van der Waals surface area (Å²) in [7, 11) is -2.76. The summed E-state index contributed by atoms with van der Waals surface area (Å²) in [5.41, 5.74) is 1.09. The van der Waals surface area contributed by atoms with Gasteiger partial charge in [-0.25, -0.2) is 13.4 Å². The Labute approximate surface area is 100 Å². The zero-order valence-corrected chi connectivity index (χ0v) is 10.9. The second kappa shape index (κ2) is 4.71. The van der Waals surface area contributed by atoms with E-state index < -0.39 is 9.84 Å². The molecule has 0 unspecified atom stereocenters. The third-order valence-electron chi connectivity index (χ3n) is 2.80. The minimum atomic E-state index is -2.76. The summed E-state index contributed by atoms with van der Waals surface area (Å²) < 4.78 is 22.5. The van der Waals surface area contributed by atoms with E-state index in [4.69, 9.17) is 0 Å². The van der Waals surface area contributed by atoms with Crippen LogP contribution in [0.25, 0.3) is 0 Å². The van der Waals surface area contributed by atoms with Gasteiger partial charge in [0.25, 0.3) is 0 Å². The normalized spacial score (nSPS) is 20.8. The summed E-state index contributed by atoms with van der Waals surface area (Å²) in [5.74, 6) is 0.605. The molecule has 0 bridgehead atoms. The van der Waals surface area contributed by atoms with E-state index >= 15 is 0 Å². The average Bonchev–Trinajstić information content (AvgIpc) is 2.69. The molecule has 0 radical (unpaired) electrons. The van der Waals surface area contributed by atoms with E-state index in [2.05, 4.69) is 17.2 Å². The smallest absolute Gasteiger partial charge is 0.183 e. The SMILES string of the molecule is CCc1csc(NC2CCS(=O)(=O)CC2)n1. The molecule has 90 valence electrons. The molecule has 0 spiro atoms. The van der Waals surface area contributed by atoms with Gasteiger partial charge in [-0.15, -0.1) is 11.3 Å². The van der Waals surface area contributed by atoms with Gasteiger partial charge in [-0.2, -0.15) is 0 Å². The van der Waals surface area contributed by atoms with Crippen LogP contribution in [0.2, 0.25) is 0 Å². The molecule has 1 aromatic heterocycles. The van der Waals surface area contributed by atoms with E-state index in [0.29, 0.717) is 24.3 Å². The molecule has 0 atom stereocenters. The van der Waals surface area contributed by atoms with Crippen LogP contribution in [0.5, 0.6) is 0 Å². The van der Waals surface area contributed by atoms with Gasteiger partial charge in [0.1, 0.15) is 9.84 Å². The average molecular weight is 260 g/mol. The highest BCUT2D eigenvalue weighted by Crippen LogP contribution is 2.21. The number of aromatic nitrogens is 1. The first kappa shape index (κ1) is 11.9. The molecule has 0 amide bonds. The van der Waals surface area contributed by atoms with Crippen molar-refractivity contribution in [2.24, 2.45) is 0 Å². The largest absolute Gasteiger partial charge is 0.359 e. The van der Waals surface area contributed by atoms with E-state index in [1.807, 2.05) is 5.38 Å². The number of nitrogens with one attached hydrogen (secondary N) is 1. The summed E-state index contributed by atoms with van der Waals surface area (Å²) in [5, 5.41) is 6.28. The van der Waals surface area contributed by atoms with Gasteiger partial charge in [0.15, 0.2) is 5.13 Å². The first-order chi connectivity index (χ1) is 7.59. The number of nitrogens with zero attached hydrogens (tertiary/aromatic N) is 1. The molecular weight excluding hydrogens is 244 g/mol. The Morgan fingerprint density at radius 2 is 2.19 bits per heavy atom. The maximum absolute atomic E-state index is 11.3. The molecule has 1 aromatic rings. The second-order valence-corrected chi connectivity index (χ2v) is 7.23. The van der Waals surface area contributed by atoms with E-state index in [9.17, 15) is 8.42 Å². The van der Waals surface area contributed by atoms with Crippen molar-refractivity contribution in [1.82, 2.24) is 4.98 Å². The van der Waals surface area contributed by atoms with Gasteiger partial charge in [-0.1, -0.05) is 6.92 Å². The summed E-state index contributed by atoms with van der Waals surface area (Å²) in [6.45, 7) is 2.08. The van der Waals surface area contributed by atoms with Crippen molar-refractivity contribution in [2.45, 2.75) is 32.2 Å². The molecule has 2 rings (SSSR count). The quantitative estimate of drug-likeness (QED) is 0.898. The Morgan fingerprint density at radius 1 is 1.50 bits per heavy atom. The summed E-state index contributed by atoms with van der Waals surface area (Å²) in [6, 6.07) is 0.263. The molecular formula is C10H16N2O2S2. The van der Waals surface area contributed by atoms with Gasteiger partial charge >= 0.3 is 0 Å². The fraction of sp³-hybridized carbons (Fsp3) is 0.700. The van der Waals surface area contributed by atoms with E-state index in [1.54, 1.807) is 11.3 Å². The number of sulfone groups is 1. The molecule has 0 saturated carbocycles. The van der Waals surface area contributed by atoms with Crippen molar-refractivity contribution < 1.29 is 8.42 Å². The Morgan fingerprint density at radius 3 is 2.75 bits per heavy atom. The molecule has 16 heavy (non-hydrogen) atoms. The van der Waals surface area contributed by atoms with Crippen LogP contribution in [-0.2, 0) is 16.3 Å². The van der Waals surface area contributed by atoms with Gasteiger partial charge in [0, 0.05) is 11.4 Å². The highest BCUT2D eigenvalue weighted by Gasteiger charge is 2.23. The zero-order chi connectivity index (χ0) is 11.6. The standard InChI is InChI=1S/C10H16N2O2S2/c1-2-8-7-15-10(11-8)12-9-3-5-16(13,14)6-4-9/h7,9H,2-6H2,1H3,(H,11,12). The lowest BCUT2D eigenvalue weighted by Gasteiger charge is -2.22. The molecule has 6 heteroatoms. The summed E-state index contributed by atoms with van der Waals surface area (Å²) in [4.78, 5) is 4.42. The third-order valence-corrected chi connectivity index (χ3v) is 5.33. The van der Waals surface area contributed by atoms with Gasteiger partial charge < -0.3 is 5.32 Å². The van der Waals surface area contributed by atoms with Crippen LogP contribution in [0.3, 0.4) is 0 Å². The Bertz CT molecular complexity index is 439. The Kier molecular flexibility index (Phi) is 3.49. The fourth-order valence-electron chi connectivity index (χ4n) is 1.74. The van der Waals surface area contributed by atoms with Crippen LogP contribution in [-0.4, -0.2) is 30.9 Å². The van der Waals surface area contributed by atoms with Crippen molar-refractivity contribution in [2.75, 3.05) is 16.8 Å². The summed E-state index contributed by atoms with van der Waals surface area (Å²) >= 11 is 1.60. The number of rotatable bonds is 3. The lowest BCUT2D eigenvalue weighted by Crippen LogP contribution is -2.32. The van der Waals surface area contributed by atoms with Crippen LogP contribution in [0.1, 0.15) is 25.5 Å². The summed E-state index contributed by atoms with van der Waals surface area (Å²) in [6.07, 6.45) is 2.34. The minimum absolute atomic E-state index is 0.263. The molecule has 1 aliphatic rings. The zero-order valence-electron chi connectivity index (χ0n) is 9.27. The van der Waals surface area contributed by atoms with E-state index in [-0.39, 0.29) is 6.04 Å². The van der Waals surface area contributed by atoms with Crippen LogP contribution in [0.4, 0.5) is 5.13 Å². The predicted octanol–water partition coefficient (Wildman–Crippen LogP) is 1.69. The third kappa shape index (κ3) is 2.95. The van der Waals surface area contributed by atoms with Crippen molar-refractivity contribution >= 4 is 26.3 Å². The van der Waals surface area contributed by atoms with Crippen LogP contribution < -0.4 is 5.32 Å². The molecule has 1 saturated heterocycles. The maximum Gasteiger partial charge on any atom is 0.183 e. The molecule has 1 aliphatic heterocycles. The lowest BCUT2D eigenvalue weighted by molar-refractivity contribution is 0.559. The highest BCUT2D eigenvalue weighted by molar-refractivity contribution is 7.91. The van der Waals surface area contributed by atoms with Crippen LogP contribution in [0, 0.1) is 0 Å². The lowest BCUT2D eigenvalue weighted by atomic mass is 10.2. The van der Waals surface area contributed by atoms with Crippen molar-refractivity contribution in [1.29, 1.82) is 0 Å². The topological polar surface area (TPSA) is 59.1 Å². The molecule has 2 heterocycles. The number of hydrogen-bond donors (Lipinski definition) is 1. The fourth-order valence-corrected chi connectivity index (χ4v) is 4.11. The molecule has 1 fully saturated rings. The van der Waals surface area contributed by atoms with Crippen LogP contribution >= 0.6 is 11.3 Å². The predicted molar refractivity (Wildman–Crippen MR) is 66.8 cm³/mol. The van der Waals surface area contributed by atoms with E-state index in [1.165, 1.54) is 0 Å². The van der Waals surface area contributed by atoms with Crippen molar-refractivity contribution in [3.05, 3.63) is 11.1 Å². The second-order valence-electron chi connectivity index (χ2n) is 4.07. The maximum atomic E-state index is 11.3.